The van der Waals surface area contributed by atoms with Crippen molar-refractivity contribution in [3.63, 3.8) is 0 Å². The molecule has 0 fully saturated rings. The van der Waals surface area contributed by atoms with Gasteiger partial charge in [-0.05, 0) is 17.2 Å². The topological polar surface area (TPSA) is 46.9 Å². The Hall–Kier alpha value is -3.31. The van der Waals surface area contributed by atoms with Crippen molar-refractivity contribution in [2.45, 2.75) is 17.6 Å². The number of carbonyl (C=O) groups is 1. The molecular weight excluding hydrogens is 390 g/mol. The molecule has 0 bridgehead atoms. The zero-order chi connectivity index (χ0) is 20.3. The van der Waals surface area contributed by atoms with Crippen LogP contribution in [0.3, 0.4) is 0 Å². The van der Waals surface area contributed by atoms with Gasteiger partial charge >= 0.3 is 0 Å². The van der Waals surface area contributed by atoms with Crippen LogP contribution < -0.4 is 5.32 Å². The number of aromatic nitrogens is 2. The molecule has 0 unspecified atom stereocenters. The molecule has 1 amide bonds. The van der Waals surface area contributed by atoms with Crippen LogP contribution in [-0.2, 0) is 11.3 Å². The fourth-order valence-electron chi connectivity index (χ4n) is 3.85. The van der Waals surface area contributed by atoms with Gasteiger partial charge < -0.3 is 9.88 Å². The molecule has 1 aliphatic rings. The normalized spacial score (nSPS) is 12.7. The van der Waals surface area contributed by atoms with Gasteiger partial charge in [0.25, 0.3) is 0 Å². The maximum Gasteiger partial charge on any atom is 0.236 e. The summed E-state index contributed by atoms with van der Waals surface area (Å²) in [5.74, 6) is 0.626. The third-order valence-electron chi connectivity index (χ3n) is 5.29. The van der Waals surface area contributed by atoms with Crippen LogP contribution >= 0.6 is 11.8 Å². The lowest BCUT2D eigenvalue weighted by molar-refractivity contribution is -0.116. The van der Waals surface area contributed by atoms with Gasteiger partial charge in [-0.25, -0.2) is 4.98 Å². The van der Waals surface area contributed by atoms with E-state index in [1.165, 1.54) is 0 Å². The van der Waals surface area contributed by atoms with E-state index in [2.05, 4.69) is 16.1 Å². The summed E-state index contributed by atoms with van der Waals surface area (Å²) in [6, 6.07) is 27.7. The minimum Gasteiger partial charge on any atom is -0.325 e. The van der Waals surface area contributed by atoms with E-state index in [4.69, 9.17) is 4.98 Å². The molecule has 0 atom stereocenters. The Morgan fingerprint density at radius 2 is 1.53 bits per heavy atom. The van der Waals surface area contributed by atoms with Crippen LogP contribution in [0.15, 0.2) is 96.3 Å². The Bertz CT molecular complexity index is 1110. The number of nitrogens with zero attached hydrogens (tertiary/aromatic N) is 2. The second-order valence-electron chi connectivity index (χ2n) is 7.24. The quantitative estimate of drug-likeness (QED) is 0.477. The van der Waals surface area contributed by atoms with E-state index in [1.54, 1.807) is 11.8 Å². The first-order chi connectivity index (χ1) is 14.8. The molecule has 1 aromatic heterocycles. The minimum atomic E-state index is -0.386. The zero-order valence-corrected chi connectivity index (χ0v) is 17.2. The third-order valence-corrected chi connectivity index (χ3v) is 6.26. The molecule has 0 aliphatic carbocycles. The van der Waals surface area contributed by atoms with Crippen LogP contribution in [-0.4, -0.2) is 21.2 Å². The van der Waals surface area contributed by atoms with Gasteiger partial charge in [-0.2, -0.15) is 0 Å². The summed E-state index contributed by atoms with van der Waals surface area (Å²) < 4.78 is 2.18. The van der Waals surface area contributed by atoms with E-state index < -0.39 is 0 Å². The summed E-state index contributed by atoms with van der Waals surface area (Å²) in [6.07, 6.45) is 2.08. The van der Waals surface area contributed by atoms with Crippen molar-refractivity contribution < 1.29 is 4.79 Å². The van der Waals surface area contributed by atoms with Crippen LogP contribution in [0.1, 0.15) is 17.0 Å². The van der Waals surface area contributed by atoms with Gasteiger partial charge in [-0.15, -0.1) is 0 Å². The van der Waals surface area contributed by atoms with Gasteiger partial charge in [0.2, 0.25) is 5.91 Å². The molecule has 5 rings (SSSR count). The number of imidazole rings is 1. The fraction of sp³-hybridized carbons (Fsp3) is 0.120. The first-order valence-electron chi connectivity index (χ1n) is 10.00. The highest BCUT2D eigenvalue weighted by Crippen LogP contribution is 2.34. The molecule has 2 heterocycles. The minimum absolute atomic E-state index is 0.0547. The molecule has 1 N–H and O–H groups in total. The number of hydrogen-bond donors (Lipinski definition) is 1. The van der Waals surface area contributed by atoms with Crippen molar-refractivity contribution in [2.75, 3.05) is 11.1 Å². The Balaban J connectivity index is 1.49. The number of para-hydroxylation sites is 1. The molecule has 0 radical (unpaired) electrons. The zero-order valence-electron chi connectivity index (χ0n) is 16.4. The summed E-state index contributed by atoms with van der Waals surface area (Å²) in [4.78, 5) is 18.3. The van der Waals surface area contributed by atoms with Gasteiger partial charge in [-0.1, -0.05) is 90.6 Å². The molecule has 1 aliphatic heterocycles. The van der Waals surface area contributed by atoms with E-state index in [-0.39, 0.29) is 11.8 Å². The smallest absolute Gasteiger partial charge is 0.236 e. The molecule has 5 heteroatoms. The Morgan fingerprint density at radius 1 is 0.900 bits per heavy atom. The lowest BCUT2D eigenvalue weighted by Crippen LogP contribution is -2.22. The average molecular weight is 412 g/mol. The monoisotopic (exact) mass is 411 g/mol. The van der Waals surface area contributed by atoms with E-state index >= 15 is 0 Å². The molecule has 4 aromatic rings. The third kappa shape index (κ3) is 3.64. The SMILES string of the molecule is O=C(Nc1ccccc1-c1cn2c(n1)SCC2)C(c1ccccc1)c1ccccc1. The second kappa shape index (κ2) is 8.20. The van der Waals surface area contributed by atoms with E-state index in [9.17, 15) is 4.79 Å². The summed E-state index contributed by atoms with van der Waals surface area (Å²) >= 11 is 1.77. The van der Waals surface area contributed by atoms with E-state index in [0.717, 1.165) is 45.5 Å². The summed E-state index contributed by atoms with van der Waals surface area (Å²) in [5.41, 5.74) is 4.55. The first-order valence-corrected chi connectivity index (χ1v) is 11.0. The summed E-state index contributed by atoms with van der Waals surface area (Å²) in [7, 11) is 0. The first kappa shape index (κ1) is 18.7. The van der Waals surface area contributed by atoms with Crippen molar-refractivity contribution in [2.24, 2.45) is 0 Å². The molecule has 0 saturated heterocycles. The average Bonchev–Trinajstić information content (AvgIpc) is 3.38. The Labute approximate surface area is 180 Å². The molecule has 4 nitrogen and oxygen atoms in total. The van der Waals surface area contributed by atoms with Crippen LogP contribution in [0.2, 0.25) is 0 Å². The molecule has 0 spiro atoms. The van der Waals surface area contributed by atoms with Crippen LogP contribution in [0.4, 0.5) is 5.69 Å². The molecule has 30 heavy (non-hydrogen) atoms. The summed E-state index contributed by atoms with van der Waals surface area (Å²) in [6.45, 7) is 0.978. The number of rotatable bonds is 5. The predicted molar refractivity (Wildman–Crippen MR) is 122 cm³/mol. The number of hydrogen-bond acceptors (Lipinski definition) is 3. The largest absolute Gasteiger partial charge is 0.325 e. The second-order valence-corrected chi connectivity index (χ2v) is 8.30. The summed E-state index contributed by atoms with van der Waals surface area (Å²) in [5, 5.41) is 4.22. The Morgan fingerprint density at radius 3 is 2.20 bits per heavy atom. The Kier molecular flexibility index (Phi) is 5.11. The van der Waals surface area contributed by atoms with Crippen molar-refractivity contribution in [1.29, 1.82) is 0 Å². The highest BCUT2D eigenvalue weighted by molar-refractivity contribution is 7.99. The number of amides is 1. The van der Waals surface area contributed by atoms with Gasteiger partial charge in [0.05, 0.1) is 17.3 Å². The van der Waals surface area contributed by atoms with E-state index in [1.807, 2.05) is 84.9 Å². The van der Waals surface area contributed by atoms with Gasteiger partial charge in [0.15, 0.2) is 5.16 Å². The van der Waals surface area contributed by atoms with Crippen molar-refractivity contribution in [1.82, 2.24) is 9.55 Å². The number of thioether (sulfide) groups is 1. The van der Waals surface area contributed by atoms with Crippen molar-refractivity contribution in [3.05, 3.63) is 102 Å². The van der Waals surface area contributed by atoms with Crippen molar-refractivity contribution in [3.8, 4) is 11.3 Å². The lowest BCUT2D eigenvalue weighted by atomic mass is 9.90. The number of anilines is 1. The molecule has 3 aromatic carbocycles. The maximum absolute atomic E-state index is 13.5. The molecule has 148 valence electrons. The van der Waals surface area contributed by atoms with Crippen molar-refractivity contribution >= 4 is 23.4 Å². The molecular formula is C25H21N3OS. The highest BCUT2D eigenvalue weighted by Gasteiger charge is 2.24. The molecule has 0 saturated carbocycles. The highest BCUT2D eigenvalue weighted by atomic mass is 32.2. The van der Waals surface area contributed by atoms with Gasteiger partial charge in [0, 0.05) is 24.1 Å². The standard InChI is InChI=1S/C25H21N3OS/c29-24(23(18-9-3-1-4-10-18)19-11-5-2-6-12-19)26-21-14-8-7-13-20(21)22-17-28-15-16-30-25(28)27-22/h1-14,17,23H,15-16H2,(H,26,29). The van der Waals surface area contributed by atoms with Crippen LogP contribution in [0, 0.1) is 0 Å². The predicted octanol–water partition coefficient (Wildman–Crippen LogP) is 5.43. The number of aryl methyl sites for hydroxylation is 1. The number of nitrogens with one attached hydrogen (secondary N) is 1. The number of carbonyl (C=O) groups excluding carboxylic acids is 1. The van der Waals surface area contributed by atoms with Crippen LogP contribution in [0.5, 0.6) is 0 Å². The van der Waals surface area contributed by atoms with Crippen LogP contribution in [0.25, 0.3) is 11.3 Å². The maximum atomic E-state index is 13.5. The van der Waals surface area contributed by atoms with E-state index in [0.29, 0.717) is 0 Å². The van der Waals surface area contributed by atoms with Gasteiger partial charge in [-0.3, -0.25) is 4.79 Å². The van der Waals surface area contributed by atoms with Gasteiger partial charge in [0.1, 0.15) is 0 Å². The number of benzene rings is 3. The number of fused-ring (bicyclic) bond motifs is 1. The lowest BCUT2D eigenvalue weighted by Gasteiger charge is -2.19. The fourth-order valence-corrected chi connectivity index (χ4v) is 4.79.